The molecule has 0 fully saturated rings. The van der Waals surface area contributed by atoms with Gasteiger partial charge in [-0.3, -0.25) is 14.3 Å². The van der Waals surface area contributed by atoms with Gasteiger partial charge in [-0.05, 0) is 71.8 Å². The first-order chi connectivity index (χ1) is 21.7. The summed E-state index contributed by atoms with van der Waals surface area (Å²) in [5, 5.41) is 2.84. The van der Waals surface area contributed by atoms with Gasteiger partial charge in [-0.15, -0.1) is 0 Å². The van der Waals surface area contributed by atoms with Crippen LogP contribution in [0.15, 0.2) is 108 Å². The van der Waals surface area contributed by atoms with Crippen LogP contribution in [-0.2, 0) is 30.9 Å². The maximum Gasteiger partial charge on any atom is 0.261 e. The first-order valence-electron chi connectivity index (χ1n) is 14.0. The normalized spacial score (nSPS) is 11.7. The van der Waals surface area contributed by atoms with Crippen LogP contribution in [0.4, 0.5) is 10.1 Å². The van der Waals surface area contributed by atoms with E-state index < -0.39 is 34.4 Å². The molecule has 0 spiro atoms. The number of amides is 2. The zero-order valence-electron chi connectivity index (χ0n) is 24.8. The molecule has 0 saturated carbocycles. The van der Waals surface area contributed by atoms with Crippen LogP contribution in [0.5, 0.6) is 11.5 Å². The Bertz CT molecular complexity index is 1650. The highest BCUT2D eigenvalue weighted by Gasteiger charge is 2.32. The van der Waals surface area contributed by atoms with Crippen molar-refractivity contribution < 1.29 is 36.6 Å². The Morgan fingerprint density at radius 2 is 1.49 bits per heavy atom. The SMILES string of the molecule is COCCNC(=O)[C@H](c1ccccc1)N(Cc1ccc(OC)cc1)C(=O)COc1ccc(S(=O)(=O)Nc2ccc(F)cc2)cc1. The molecule has 12 heteroatoms. The number of carbonyl (C=O) groups is 2. The molecule has 4 rings (SSSR count). The Balaban J connectivity index is 1.54. The van der Waals surface area contributed by atoms with Crippen molar-refractivity contribution in [3.05, 3.63) is 120 Å². The van der Waals surface area contributed by atoms with Crippen molar-refractivity contribution >= 4 is 27.5 Å². The number of hydrogen-bond acceptors (Lipinski definition) is 7. The minimum Gasteiger partial charge on any atom is -0.497 e. The maximum atomic E-state index is 13.8. The minimum atomic E-state index is -3.95. The van der Waals surface area contributed by atoms with Gasteiger partial charge in [0, 0.05) is 25.9 Å². The number of methoxy groups -OCH3 is 2. The fraction of sp³-hybridized carbons (Fsp3) is 0.212. The lowest BCUT2D eigenvalue weighted by Gasteiger charge is -2.31. The second kappa shape index (κ2) is 15.7. The second-order valence-electron chi connectivity index (χ2n) is 9.84. The van der Waals surface area contributed by atoms with Gasteiger partial charge in [0.05, 0.1) is 18.6 Å². The molecule has 0 heterocycles. The standard InChI is InChI=1S/C33H34FN3O7S/c1-42-21-20-35-33(39)32(25-6-4-3-5-7-25)37(22-24-8-14-28(43-2)15-9-24)31(38)23-44-29-16-18-30(19-17-29)45(40,41)36-27-12-10-26(34)11-13-27/h3-19,32,36H,20-23H2,1-2H3,(H,35,39)/t32-/m0/s1. The number of carbonyl (C=O) groups excluding carboxylic acids is 2. The largest absolute Gasteiger partial charge is 0.497 e. The molecule has 0 bridgehead atoms. The van der Waals surface area contributed by atoms with Gasteiger partial charge in [-0.1, -0.05) is 42.5 Å². The molecule has 4 aromatic rings. The van der Waals surface area contributed by atoms with E-state index in [0.29, 0.717) is 17.9 Å². The number of rotatable bonds is 15. The van der Waals surface area contributed by atoms with Gasteiger partial charge in [-0.2, -0.15) is 0 Å². The third-order valence-corrected chi connectivity index (χ3v) is 8.10. The molecular weight excluding hydrogens is 601 g/mol. The summed E-state index contributed by atoms with van der Waals surface area (Å²) < 4.78 is 57.2. The Morgan fingerprint density at radius 1 is 0.844 bits per heavy atom. The third kappa shape index (κ3) is 9.27. The number of benzene rings is 4. The number of hydrogen-bond donors (Lipinski definition) is 2. The molecule has 0 aliphatic rings. The van der Waals surface area contributed by atoms with E-state index in [1.165, 1.54) is 48.4 Å². The molecular formula is C33H34FN3O7S. The van der Waals surface area contributed by atoms with Crippen molar-refractivity contribution in [1.29, 1.82) is 0 Å². The highest BCUT2D eigenvalue weighted by molar-refractivity contribution is 7.92. The Hall–Kier alpha value is -4.94. The molecule has 45 heavy (non-hydrogen) atoms. The van der Waals surface area contributed by atoms with Gasteiger partial charge in [-0.25, -0.2) is 12.8 Å². The van der Waals surface area contributed by atoms with Crippen molar-refractivity contribution in [2.75, 3.05) is 38.7 Å². The van der Waals surface area contributed by atoms with Crippen LogP contribution in [0.2, 0.25) is 0 Å². The average Bonchev–Trinajstić information content (AvgIpc) is 3.05. The van der Waals surface area contributed by atoms with Crippen LogP contribution in [-0.4, -0.2) is 59.1 Å². The van der Waals surface area contributed by atoms with Crippen LogP contribution in [0, 0.1) is 5.82 Å². The third-order valence-electron chi connectivity index (χ3n) is 6.71. The van der Waals surface area contributed by atoms with Gasteiger partial charge >= 0.3 is 0 Å². The van der Waals surface area contributed by atoms with Crippen molar-refractivity contribution in [3.8, 4) is 11.5 Å². The van der Waals surface area contributed by atoms with E-state index >= 15 is 0 Å². The number of anilines is 1. The van der Waals surface area contributed by atoms with Crippen LogP contribution in [0.25, 0.3) is 0 Å². The van der Waals surface area contributed by atoms with E-state index in [1.807, 2.05) is 18.2 Å². The molecule has 0 aromatic heterocycles. The van der Waals surface area contributed by atoms with E-state index in [4.69, 9.17) is 14.2 Å². The molecule has 2 amide bonds. The molecule has 0 unspecified atom stereocenters. The fourth-order valence-corrected chi connectivity index (χ4v) is 5.47. The number of nitrogens with zero attached hydrogens (tertiary/aromatic N) is 1. The molecule has 0 aliphatic carbocycles. The van der Waals surface area contributed by atoms with Gasteiger partial charge in [0.25, 0.3) is 15.9 Å². The Labute approximate surface area is 261 Å². The monoisotopic (exact) mass is 635 g/mol. The lowest BCUT2D eigenvalue weighted by atomic mass is 10.0. The topological polar surface area (TPSA) is 123 Å². The van der Waals surface area contributed by atoms with Crippen molar-refractivity contribution in [2.45, 2.75) is 17.5 Å². The van der Waals surface area contributed by atoms with Gasteiger partial charge < -0.3 is 24.4 Å². The van der Waals surface area contributed by atoms with Crippen LogP contribution in [0.3, 0.4) is 0 Å². The van der Waals surface area contributed by atoms with E-state index in [1.54, 1.807) is 43.5 Å². The van der Waals surface area contributed by atoms with Crippen LogP contribution < -0.4 is 19.5 Å². The fourth-order valence-electron chi connectivity index (χ4n) is 4.41. The summed E-state index contributed by atoms with van der Waals surface area (Å²) in [4.78, 5) is 28.7. The van der Waals surface area contributed by atoms with Crippen LogP contribution >= 0.6 is 0 Å². The van der Waals surface area contributed by atoms with Crippen molar-refractivity contribution in [2.24, 2.45) is 0 Å². The summed E-state index contributed by atoms with van der Waals surface area (Å²) in [5.41, 5.74) is 1.58. The number of nitrogens with one attached hydrogen (secondary N) is 2. The van der Waals surface area contributed by atoms with Crippen molar-refractivity contribution in [3.63, 3.8) is 0 Å². The summed E-state index contributed by atoms with van der Waals surface area (Å²) in [5.74, 6) is -0.456. The smallest absolute Gasteiger partial charge is 0.261 e. The molecule has 0 saturated heterocycles. The summed E-state index contributed by atoms with van der Waals surface area (Å²) in [6.07, 6.45) is 0. The Morgan fingerprint density at radius 3 is 2.11 bits per heavy atom. The van der Waals surface area contributed by atoms with E-state index in [-0.39, 0.29) is 35.3 Å². The Kier molecular flexibility index (Phi) is 11.5. The summed E-state index contributed by atoms with van der Waals surface area (Å²) in [6, 6.07) is 25.6. The number of halogens is 1. The lowest BCUT2D eigenvalue weighted by molar-refractivity contribution is -0.143. The lowest BCUT2D eigenvalue weighted by Crippen LogP contribution is -2.45. The van der Waals surface area contributed by atoms with Gasteiger partial charge in [0.2, 0.25) is 5.91 Å². The number of sulfonamides is 1. The minimum absolute atomic E-state index is 0.0523. The molecule has 1 atom stereocenters. The quantitative estimate of drug-likeness (QED) is 0.184. The molecule has 0 radical (unpaired) electrons. The molecule has 2 N–H and O–H groups in total. The zero-order chi connectivity index (χ0) is 32.2. The van der Waals surface area contributed by atoms with Crippen molar-refractivity contribution in [1.82, 2.24) is 10.2 Å². The first-order valence-corrected chi connectivity index (χ1v) is 15.4. The first kappa shape index (κ1) is 33.0. The summed E-state index contributed by atoms with van der Waals surface area (Å²) in [7, 11) is -0.867. The van der Waals surface area contributed by atoms with Gasteiger partial charge in [0.1, 0.15) is 23.4 Å². The predicted octanol–water partition coefficient (Wildman–Crippen LogP) is 4.55. The predicted molar refractivity (Wildman–Crippen MR) is 167 cm³/mol. The van der Waals surface area contributed by atoms with E-state index in [9.17, 15) is 22.4 Å². The van der Waals surface area contributed by atoms with Crippen LogP contribution in [0.1, 0.15) is 17.2 Å². The maximum absolute atomic E-state index is 13.8. The summed E-state index contributed by atoms with van der Waals surface area (Å²) in [6.45, 7) is 0.222. The molecule has 236 valence electrons. The summed E-state index contributed by atoms with van der Waals surface area (Å²) >= 11 is 0. The highest BCUT2D eigenvalue weighted by Crippen LogP contribution is 2.26. The molecule has 4 aromatic carbocycles. The molecule has 10 nitrogen and oxygen atoms in total. The average molecular weight is 636 g/mol. The highest BCUT2D eigenvalue weighted by atomic mass is 32.2. The van der Waals surface area contributed by atoms with E-state index in [0.717, 1.165) is 17.7 Å². The second-order valence-corrected chi connectivity index (χ2v) is 11.5. The zero-order valence-corrected chi connectivity index (χ0v) is 25.6. The molecule has 0 aliphatic heterocycles. The van der Waals surface area contributed by atoms with E-state index in [2.05, 4.69) is 10.0 Å². The number of ether oxygens (including phenoxy) is 3. The van der Waals surface area contributed by atoms with Gasteiger partial charge in [0.15, 0.2) is 6.61 Å².